The molecule has 0 heterocycles. The van der Waals surface area contributed by atoms with Gasteiger partial charge in [0.15, 0.2) is 0 Å². The largest absolute Gasteiger partial charge is 0.381 e. The second-order valence-corrected chi connectivity index (χ2v) is 3.82. The van der Waals surface area contributed by atoms with Crippen molar-refractivity contribution in [3.8, 4) is 0 Å². The van der Waals surface area contributed by atoms with Crippen molar-refractivity contribution in [2.45, 2.75) is 39.7 Å². The van der Waals surface area contributed by atoms with Crippen LogP contribution in [0.1, 0.15) is 33.6 Å². The minimum atomic E-state index is 0.223. The van der Waals surface area contributed by atoms with Crippen LogP contribution in [0.15, 0.2) is 12.2 Å². The van der Waals surface area contributed by atoms with E-state index in [0.717, 1.165) is 12.7 Å². The van der Waals surface area contributed by atoms with Crippen LogP contribution in [0.3, 0.4) is 0 Å². The minimum Gasteiger partial charge on any atom is -0.381 e. The van der Waals surface area contributed by atoms with Crippen LogP contribution in [-0.4, -0.2) is 19.5 Å². The molecular formula is C12H22O2. The summed E-state index contributed by atoms with van der Waals surface area (Å²) in [6.07, 6.45) is 6.43. The van der Waals surface area contributed by atoms with Crippen LogP contribution >= 0.6 is 0 Å². The first-order chi connectivity index (χ1) is 6.67. The van der Waals surface area contributed by atoms with Gasteiger partial charge < -0.3 is 4.74 Å². The Morgan fingerprint density at radius 2 is 2.00 bits per heavy atom. The molecule has 0 saturated carbocycles. The van der Waals surface area contributed by atoms with Gasteiger partial charge in [-0.15, -0.1) is 0 Å². The Labute approximate surface area is 87.3 Å². The van der Waals surface area contributed by atoms with Gasteiger partial charge in [0.25, 0.3) is 0 Å². The van der Waals surface area contributed by atoms with Crippen molar-refractivity contribution in [2.75, 3.05) is 7.11 Å². The first-order valence-corrected chi connectivity index (χ1v) is 5.30. The van der Waals surface area contributed by atoms with Crippen LogP contribution in [0.4, 0.5) is 0 Å². The molecule has 2 nitrogen and oxygen atoms in total. The van der Waals surface area contributed by atoms with Crippen LogP contribution < -0.4 is 0 Å². The molecule has 0 fully saturated rings. The lowest BCUT2D eigenvalue weighted by Crippen LogP contribution is -2.25. The number of hydrogen-bond donors (Lipinski definition) is 0. The molecule has 0 aliphatic heterocycles. The maximum atomic E-state index is 10.1. The summed E-state index contributed by atoms with van der Waals surface area (Å²) in [5, 5.41) is 0. The summed E-state index contributed by atoms with van der Waals surface area (Å²) in [5.74, 6) is 1.19. The molecule has 0 bridgehead atoms. The first-order valence-electron chi connectivity index (χ1n) is 5.30. The van der Waals surface area contributed by atoms with Gasteiger partial charge in [-0.3, -0.25) is 4.79 Å². The maximum absolute atomic E-state index is 10.1. The molecule has 14 heavy (non-hydrogen) atoms. The minimum absolute atomic E-state index is 0.223. The van der Waals surface area contributed by atoms with E-state index in [1.54, 1.807) is 7.11 Å². The van der Waals surface area contributed by atoms with Crippen molar-refractivity contribution in [1.82, 2.24) is 0 Å². The Hall–Kier alpha value is -0.630. The Bertz CT molecular complexity index is 175. The quantitative estimate of drug-likeness (QED) is 0.464. The third-order valence-corrected chi connectivity index (χ3v) is 3.01. The average Bonchev–Trinajstić information content (AvgIpc) is 2.22. The number of ether oxygens (including phenoxy) is 1. The van der Waals surface area contributed by atoms with Gasteiger partial charge in [-0.05, 0) is 24.3 Å². The molecule has 0 saturated heterocycles. The van der Waals surface area contributed by atoms with Gasteiger partial charge >= 0.3 is 0 Å². The topological polar surface area (TPSA) is 26.3 Å². The average molecular weight is 198 g/mol. The van der Waals surface area contributed by atoms with Gasteiger partial charge in [-0.2, -0.15) is 0 Å². The molecule has 0 aliphatic carbocycles. The predicted octanol–water partition coefficient (Wildman–Crippen LogP) is 2.83. The highest BCUT2D eigenvalue weighted by Crippen LogP contribution is 2.22. The van der Waals surface area contributed by atoms with Crippen LogP contribution in [0.25, 0.3) is 0 Å². The number of carbonyl (C=O) groups is 1. The van der Waals surface area contributed by atoms with E-state index in [1.165, 1.54) is 12.5 Å². The Morgan fingerprint density at radius 1 is 1.36 bits per heavy atom. The van der Waals surface area contributed by atoms with E-state index < -0.39 is 0 Å². The fourth-order valence-electron chi connectivity index (χ4n) is 1.53. The lowest BCUT2D eigenvalue weighted by Gasteiger charge is -2.26. The zero-order chi connectivity index (χ0) is 11.0. The molecule has 82 valence electrons. The van der Waals surface area contributed by atoms with Crippen molar-refractivity contribution >= 4 is 6.29 Å². The van der Waals surface area contributed by atoms with E-state index in [9.17, 15) is 4.79 Å². The fraction of sp³-hybridized carbons (Fsp3) is 0.750. The molecule has 3 atom stereocenters. The van der Waals surface area contributed by atoms with Crippen LogP contribution in [0, 0.1) is 11.8 Å². The van der Waals surface area contributed by atoms with E-state index in [0.29, 0.717) is 11.8 Å². The molecule has 0 spiro atoms. The molecule has 0 N–H and O–H groups in total. The molecule has 0 aromatic rings. The van der Waals surface area contributed by atoms with E-state index in [2.05, 4.69) is 20.8 Å². The fourth-order valence-corrected chi connectivity index (χ4v) is 1.53. The third-order valence-electron chi connectivity index (χ3n) is 3.01. The Kier molecular flexibility index (Phi) is 7.40. The molecule has 3 unspecified atom stereocenters. The number of methoxy groups -OCH3 is 1. The highest BCUT2D eigenvalue weighted by molar-refractivity contribution is 5.64. The molecule has 2 heteroatoms. The smallest absolute Gasteiger partial charge is 0.142 e. The Morgan fingerprint density at radius 3 is 2.43 bits per heavy atom. The van der Waals surface area contributed by atoms with E-state index >= 15 is 0 Å². The Balaban J connectivity index is 4.10. The summed E-state index contributed by atoms with van der Waals surface area (Å²) in [6.45, 7) is 6.63. The monoisotopic (exact) mass is 198 g/mol. The highest BCUT2D eigenvalue weighted by atomic mass is 16.5. The second kappa shape index (κ2) is 7.74. The zero-order valence-electron chi connectivity index (χ0n) is 9.69. The third kappa shape index (κ3) is 4.56. The summed E-state index contributed by atoms with van der Waals surface area (Å²) < 4.78 is 5.41. The van der Waals surface area contributed by atoms with Crippen molar-refractivity contribution in [2.24, 2.45) is 11.8 Å². The SMILES string of the molecule is CCC(C)C(C)C(C/C=C/C=O)OC. The zero-order valence-corrected chi connectivity index (χ0v) is 9.69. The molecular weight excluding hydrogens is 176 g/mol. The molecule has 0 aromatic heterocycles. The van der Waals surface area contributed by atoms with Crippen LogP contribution in [-0.2, 0) is 9.53 Å². The lowest BCUT2D eigenvalue weighted by molar-refractivity contribution is -0.104. The lowest BCUT2D eigenvalue weighted by atomic mass is 9.87. The number of aldehydes is 1. The molecule has 0 aliphatic rings. The van der Waals surface area contributed by atoms with E-state index in [-0.39, 0.29) is 6.10 Å². The normalized spacial score (nSPS) is 18.0. The van der Waals surface area contributed by atoms with Gasteiger partial charge in [0.1, 0.15) is 6.29 Å². The number of hydrogen-bond acceptors (Lipinski definition) is 2. The maximum Gasteiger partial charge on any atom is 0.142 e. The molecule has 0 aromatic carbocycles. The first kappa shape index (κ1) is 13.4. The highest BCUT2D eigenvalue weighted by Gasteiger charge is 2.19. The van der Waals surface area contributed by atoms with Crippen LogP contribution in [0.2, 0.25) is 0 Å². The van der Waals surface area contributed by atoms with Crippen molar-refractivity contribution in [3.05, 3.63) is 12.2 Å². The molecule has 0 amide bonds. The standard InChI is InChI=1S/C12H22O2/c1-5-10(2)11(3)12(14-4)8-6-7-9-13/h6-7,9-12H,5,8H2,1-4H3/b7-6+. The van der Waals surface area contributed by atoms with Crippen molar-refractivity contribution in [3.63, 3.8) is 0 Å². The summed E-state index contributed by atoms with van der Waals surface area (Å²) in [6, 6.07) is 0. The van der Waals surface area contributed by atoms with E-state index in [4.69, 9.17) is 4.74 Å². The molecule has 0 rings (SSSR count). The van der Waals surface area contributed by atoms with Gasteiger partial charge in [0, 0.05) is 7.11 Å². The van der Waals surface area contributed by atoms with E-state index in [1.807, 2.05) is 6.08 Å². The van der Waals surface area contributed by atoms with Crippen LogP contribution in [0.5, 0.6) is 0 Å². The van der Waals surface area contributed by atoms with Crippen molar-refractivity contribution in [1.29, 1.82) is 0 Å². The predicted molar refractivity (Wildman–Crippen MR) is 59.2 cm³/mol. The summed E-state index contributed by atoms with van der Waals surface area (Å²) in [4.78, 5) is 10.1. The van der Waals surface area contributed by atoms with Gasteiger partial charge in [-0.25, -0.2) is 0 Å². The number of rotatable bonds is 7. The summed E-state index contributed by atoms with van der Waals surface area (Å²) in [7, 11) is 1.73. The summed E-state index contributed by atoms with van der Waals surface area (Å²) in [5.41, 5.74) is 0. The summed E-state index contributed by atoms with van der Waals surface area (Å²) >= 11 is 0. The number of allylic oxidation sites excluding steroid dienone is 1. The van der Waals surface area contributed by atoms with Crippen molar-refractivity contribution < 1.29 is 9.53 Å². The van der Waals surface area contributed by atoms with Gasteiger partial charge in [0.05, 0.1) is 6.10 Å². The molecule has 0 radical (unpaired) electrons. The number of carbonyl (C=O) groups excluding carboxylic acids is 1. The van der Waals surface area contributed by atoms with Gasteiger partial charge in [-0.1, -0.05) is 33.3 Å². The second-order valence-electron chi connectivity index (χ2n) is 3.82. The van der Waals surface area contributed by atoms with Gasteiger partial charge in [0.2, 0.25) is 0 Å².